The van der Waals surface area contributed by atoms with Crippen LogP contribution in [0.2, 0.25) is 0 Å². The molecule has 4 nitrogen and oxygen atoms in total. The molecule has 25 heavy (non-hydrogen) atoms. The summed E-state index contributed by atoms with van der Waals surface area (Å²) in [6.45, 7) is 2.68. The van der Waals surface area contributed by atoms with E-state index in [1.54, 1.807) is 48.5 Å². The number of carbonyl (C=O) groups excluding carboxylic acids is 3. The van der Waals surface area contributed by atoms with Crippen molar-refractivity contribution in [2.24, 2.45) is 5.92 Å². The Bertz CT molecular complexity index is 879. The van der Waals surface area contributed by atoms with Gasteiger partial charge < -0.3 is 5.11 Å². The molecule has 3 rings (SSSR count). The number of aliphatic hydroxyl groups is 1. The zero-order chi connectivity index (χ0) is 18.1. The van der Waals surface area contributed by atoms with Gasteiger partial charge in [-0.25, -0.2) is 0 Å². The minimum Gasteiger partial charge on any atom is -0.507 e. The Morgan fingerprint density at radius 2 is 1.36 bits per heavy atom. The number of allylic oxidation sites excluding steroid dienone is 1. The monoisotopic (exact) mass is 334 g/mol. The third kappa shape index (κ3) is 2.80. The van der Waals surface area contributed by atoms with E-state index >= 15 is 0 Å². The molecular weight excluding hydrogens is 316 g/mol. The van der Waals surface area contributed by atoms with Crippen LogP contribution in [0.3, 0.4) is 0 Å². The maximum Gasteiger partial charge on any atom is 0.194 e. The molecular formula is C21H18O4. The van der Waals surface area contributed by atoms with Crippen molar-refractivity contribution >= 4 is 23.1 Å². The van der Waals surface area contributed by atoms with Gasteiger partial charge in [0.05, 0.1) is 11.5 Å². The largest absolute Gasteiger partial charge is 0.507 e. The second-order valence-electron chi connectivity index (χ2n) is 6.22. The van der Waals surface area contributed by atoms with E-state index in [1.807, 2.05) is 6.07 Å². The highest BCUT2D eigenvalue weighted by molar-refractivity contribution is 6.21. The lowest BCUT2D eigenvalue weighted by molar-refractivity contribution is -0.130. The molecule has 0 bridgehead atoms. The molecule has 0 aliphatic heterocycles. The lowest BCUT2D eigenvalue weighted by Gasteiger charge is -2.24. The first-order valence-corrected chi connectivity index (χ1v) is 8.06. The third-order valence-electron chi connectivity index (χ3n) is 4.61. The van der Waals surface area contributed by atoms with Crippen LogP contribution in [0.5, 0.6) is 0 Å². The molecule has 2 aromatic rings. The molecule has 0 amide bonds. The Kier molecular flexibility index (Phi) is 4.36. The first kappa shape index (κ1) is 16.8. The van der Waals surface area contributed by atoms with Crippen molar-refractivity contribution in [1.82, 2.24) is 0 Å². The summed E-state index contributed by atoms with van der Waals surface area (Å²) in [5.41, 5.74) is 1.60. The van der Waals surface area contributed by atoms with Gasteiger partial charge in [-0.1, -0.05) is 54.6 Å². The Balaban J connectivity index is 2.23. The van der Waals surface area contributed by atoms with Gasteiger partial charge in [0.1, 0.15) is 17.3 Å². The molecule has 1 N–H and O–H groups in total. The highest BCUT2D eigenvalue weighted by atomic mass is 16.3. The van der Waals surface area contributed by atoms with Crippen molar-refractivity contribution in [2.75, 3.05) is 0 Å². The molecule has 0 spiro atoms. The van der Waals surface area contributed by atoms with Crippen LogP contribution in [-0.2, 0) is 9.59 Å². The van der Waals surface area contributed by atoms with Crippen molar-refractivity contribution < 1.29 is 19.5 Å². The molecule has 0 fully saturated rings. The number of benzene rings is 2. The quantitative estimate of drug-likeness (QED) is 0.846. The normalized spacial score (nSPS) is 14.6. The number of rotatable bonds is 5. The average molecular weight is 334 g/mol. The van der Waals surface area contributed by atoms with Gasteiger partial charge in [0, 0.05) is 17.0 Å². The van der Waals surface area contributed by atoms with E-state index in [9.17, 15) is 19.5 Å². The fourth-order valence-electron chi connectivity index (χ4n) is 3.52. The number of hydrogen-bond donors (Lipinski definition) is 1. The molecule has 0 unspecified atom stereocenters. The topological polar surface area (TPSA) is 71.4 Å². The van der Waals surface area contributed by atoms with Crippen LogP contribution in [0.15, 0.2) is 60.2 Å². The van der Waals surface area contributed by atoms with E-state index in [2.05, 4.69) is 0 Å². The number of hydrogen-bond acceptors (Lipinski definition) is 4. The predicted molar refractivity (Wildman–Crippen MR) is 94.4 cm³/mol. The summed E-state index contributed by atoms with van der Waals surface area (Å²) in [7, 11) is 0. The maximum atomic E-state index is 12.9. The predicted octanol–water partition coefficient (Wildman–Crippen LogP) is 3.73. The van der Waals surface area contributed by atoms with E-state index in [-0.39, 0.29) is 28.7 Å². The standard InChI is InChI=1S/C21H18O4/c1-12(22)17(13(2)23)18(14-8-4-3-5-9-14)19-20(24)15-10-6-7-11-16(15)21(19)25/h3-11,17-18,24H,1-2H3/t18-/m1/s1. The fraction of sp³-hybridized carbons (Fsp3) is 0.190. The first-order chi connectivity index (χ1) is 11.9. The van der Waals surface area contributed by atoms with E-state index in [0.717, 1.165) is 0 Å². The van der Waals surface area contributed by atoms with E-state index < -0.39 is 11.8 Å². The van der Waals surface area contributed by atoms with Gasteiger partial charge in [-0.05, 0) is 19.4 Å². The first-order valence-electron chi connectivity index (χ1n) is 8.06. The lowest BCUT2D eigenvalue weighted by Crippen LogP contribution is -2.30. The summed E-state index contributed by atoms with van der Waals surface area (Å²) in [4.78, 5) is 37.3. The zero-order valence-electron chi connectivity index (χ0n) is 14.0. The molecule has 0 radical (unpaired) electrons. The van der Waals surface area contributed by atoms with Gasteiger partial charge in [-0.15, -0.1) is 0 Å². The van der Waals surface area contributed by atoms with Crippen molar-refractivity contribution in [3.8, 4) is 0 Å². The molecule has 1 atom stereocenters. The maximum absolute atomic E-state index is 12.9. The zero-order valence-corrected chi connectivity index (χ0v) is 14.0. The van der Waals surface area contributed by atoms with Crippen molar-refractivity contribution in [2.45, 2.75) is 19.8 Å². The van der Waals surface area contributed by atoms with Crippen molar-refractivity contribution in [1.29, 1.82) is 0 Å². The van der Waals surface area contributed by atoms with Gasteiger partial charge in [-0.2, -0.15) is 0 Å². The highest BCUT2D eigenvalue weighted by Crippen LogP contribution is 2.43. The summed E-state index contributed by atoms with van der Waals surface area (Å²) < 4.78 is 0. The number of carbonyl (C=O) groups is 3. The summed E-state index contributed by atoms with van der Waals surface area (Å²) in [5.74, 6) is -2.97. The van der Waals surface area contributed by atoms with Crippen molar-refractivity contribution in [3.63, 3.8) is 0 Å². The van der Waals surface area contributed by atoms with Gasteiger partial charge >= 0.3 is 0 Å². The van der Waals surface area contributed by atoms with Crippen LogP contribution in [0, 0.1) is 5.92 Å². The molecule has 1 aliphatic rings. The van der Waals surface area contributed by atoms with E-state index in [0.29, 0.717) is 16.7 Å². The molecule has 0 saturated heterocycles. The number of ketones is 3. The summed E-state index contributed by atoms with van der Waals surface area (Å²) in [6.07, 6.45) is 0. The Morgan fingerprint density at radius 1 is 0.840 bits per heavy atom. The number of aliphatic hydroxyl groups excluding tert-OH is 1. The molecule has 0 saturated carbocycles. The SMILES string of the molecule is CC(=O)C(C(C)=O)[C@H](C1=C(O)c2ccccc2C1=O)c1ccccc1. The van der Waals surface area contributed by atoms with Gasteiger partial charge in [0.15, 0.2) is 5.78 Å². The third-order valence-corrected chi connectivity index (χ3v) is 4.61. The van der Waals surface area contributed by atoms with E-state index in [1.165, 1.54) is 13.8 Å². The second kappa shape index (κ2) is 6.48. The Labute approximate surface area is 145 Å². The average Bonchev–Trinajstić information content (AvgIpc) is 2.84. The summed E-state index contributed by atoms with van der Waals surface area (Å²) >= 11 is 0. The fourth-order valence-corrected chi connectivity index (χ4v) is 3.52. The highest BCUT2D eigenvalue weighted by Gasteiger charge is 2.42. The van der Waals surface area contributed by atoms with Crippen molar-refractivity contribution in [3.05, 3.63) is 76.9 Å². The number of fused-ring (bicyclic) bond motifs is 1. The lowest BCUT2D eigenvalue weighted by atomic mass is 9.75. The smallest absolute Gasteiger partial charge is 0.194 e. The second-order valence-corrected chi connectivity index (χ2v) is 6.22. The van der Waals surface area contributed by atoms with Crippen LogP contribution < -0.4 is 0 Å². The molecule has 0 aromatic heterocycles. The Morgan fingerprint density at radius 3 is 1.88 bits per heavy atom. The van der Waals surface area contributed by atoms with Gasteiger partial charge in [-0.3, -0.25) is 14.4 Å². The van der Waals surface area contributed by atoms with E-state index in [4.69, 9.17) is 0 Å². The summed E-state index contributed by atoms with van der Waals surface area (Å²) in [5, 5.41) is 10.7. The number of Topliss-reactive ketones (excluding diaryl/α,β-unsaturated/α-hetero) is 3. The molecule has 2 aromatic carbocycles. The minimum atomic E-state index is -1.02. The Hall–Kier alpha value is -3.01. The molecule has 0 heterocycles. The molecule has 1 aliphatic carbocycles. The van der Waals surface area contributed by atoms with Crippen LogP contribution in [0.4, 0.5) is 0 Å². The van der Waals surface area contributed by atoms with Gasteiger partial charge in [0.2, 0.25) is 0 Å². The van der Waals surface area contributed by atoms with Crippen LogP contribution in [0.1, 0.15) is 41.3 Å². The molecule has 4 heteroatoms. The van der Waals surface area contributed by atoms with Crippen LogP contribution in [-0.4, -0.2) is 22.5 Å². The minimum absolute atomic E-state index is 0.114. The van der Waals surface area contributed by atoms with Crippen LogP contribution in [0.25, 0.3) is 5.76 Å². The summed E-state index contributed by atoms with van der Waals surface area (Å²) in [6, 6.07) is 15.7. The van der Waals surface area contributed by atoms with Crippen LogP contribution >= 0.6 is 0 Å². The molecule has 126 valence electrons. The van der Waals surface area contributed by atoms with Gasteiger partial charge in [0.25, 0.3) is 0 Å².